The van der Waals surface area contributed by atoms with Crippen molar-refractivity contribution in [1.29, 1.82) is 0 Å². The first-order chi connectivity index (χ1) is 10.1. The molecule has 0 aliphatic rings. The van der Waals surface area contributed by atoms with Gasteiger partial charge in [-0.1, -0.05) is 48.9 Å². The van der Waals surface area contributed by atoms with Gasteiger partial charge in [-0.05, 0) is 25.8 Å². The number of hydrogen-bond donors (Lipinski definition) is 0. The van der Waals surface area contributed by atoms with E-state index in [0.29, 0.717) is 11.4 Å². The lowest BCUT2D eigenvalue weighted by Gasteiger charge is -2.14. The standard InChI is InChI=1S/C17H21ClN2O/c1-4-14(13-9-7-6-8-10-13)16(21)11-15-17(18)12(3)19-20(15)5-2/h6-10,14H,4-5,11H2,1-3H3. The molecule has 112 valence electrons. The minimum Gasteiger partial charge on any atom is -0.299 e. The zero-order valence-electron chi connectivity index (χ0n) is 12.8. The minimum absolute atomic E-state index is 0.0808. The Morgan fingerprint density at radius 3 is 2.52 bits per heavy atom. The second-order valence-electron chi connectivity index (χ2n) is 5.18. The highest BCUT2D eigenvalue weighted by atomic mass is 35.5. The number of nitrogens with zero attached hydrogens (tertiary/aromatic N) is 2. The molecule has 1 aromatic heterocycles. The fourth-order valence-corrected chi connectivity index (χ4v) is 2.86. The molecular formula is C17H21ClN2O. The van der Waals surface area contributed by atoms with Crippen molar-refractivity contribution >= 4 is 17.4 Å². The quantitative estimate of drug-likeness (QED) is 0.803. The van der Waals surface area contributed by atoms with Crippen molar-refractivity contribution in [2.75, 3.05) is 0 Å². The van der Waals surface area contributed by atoms with Crippen molar-refractivity contribution in [2.45, 2.75) is 46.1 Å². The zero-order chi connectivity index (χ0) is 15.4. The van der Waals surface area contributed by atoms with Crippen LogP contribution in [0.3, 0.4) is 0 Å². The van der Waals surface area contributed by atoms with Gasteiger partial charge < -0.3 is 0 Å². The summed E-state index contributed by atoms with van der Waals surface area (Å²) in [5.41, 5.74) is 2.69. The molecule has 1 heterocycles. The topological polar surface area (TPSA) is 34.9 Å². The van der Waals surface area contributed by atoms with Gasteiger partial charge in [-0.3, -0.25) is 9.48 Å². The number of carbonyl (C=O) groups is 1. The lowest BCUT2D eigenvalue weighted by Crippen LogP contribution is -2.17. The Balaban J connectivity index is 2.25. The van der Waals surface area contributed by atoms with Crippen LogP contribution in [0.2, 0.25) is 5.02 Å². The van der Waals surface area contributed by atoms with Crippen LogP contribution in [0.1, 0.15) is 43.1 Å². The van der Waals surface area contributed by atoms with Crippen LogP contribution in [0, 0.1) is 6.92 Å². The molecule has 1 atom stereocenters. The molecule has 0 saturated carbocycles. The SMILES string of the molecule is CCC(C(=O)Cc1c(Cl)c(C)nn1CC)c1ccccc1. The van der Waals surface area contributed by atoms with Gasteiger partial charge in [-0.25, -0.2) is 0 Å². The zero-order valence-corrected chi connectivity index (χ0v) is 13.5. The number of Topliss-reactive ketones (excluding diaryl/α,β-unsaturated/α-hetero) is 1. The van der Waals surface area contributed by atoms with E-state index in [9.17, 15) is 4.79 Å². The fraction of sp³-hybridized carbons (Fsp3) is 0.412. The Morgan fingerprint density at radius 2 is 1.95 bits per heavy atom. The van der Waals surface area contributed by atoms with Gasteiger partial charge in [0.1, 0.15) is 5.78 Å². The molecule has 1 unspecified atom stereocenters. The molecule has 0 bridgehead atoms. The van der Waals surface area contributed by atoms with Crippen molar-refractivity contribution in [3.63, 3.8) is 0 Å². The third-order valence-electron chi connectivity index (χ3n) is 3.79. The summed E-state index contributed by atoms with van der Waals surface area (Å²) in [5.74, 6) is 0.114. The van der Waals surface area contributed by atoms with E-state index in [0.717, 1.165) is 29.9 Å². The van der Waals surface area contributed by atoms with Crippen molar-refractivity contribution in [2.24, 2.45) is 0 Å². The van der Waals surface area contributed by atoms with Gasteiger partial charge in [0.15, 0.2) is 0 Å². The van der Waals surface area contributed by atoms with Gasteiger partial charge in [0.25, 0.3) is 0 Å². The molecule has 2 aromatic rings. The second-order valence-corrected chi connectivity index (χ2v) is 5.55. The van der Waals surface area contributed by atoms with Crippen LogP contribution in [0.25, 0.3) is 0 Å². The molecular weight excluding hydrogens is 284 g/mol. The van der Waals surface area contributed by atoms with Gasteiger partial charge in [-0.15, -0.1) is 0 Å². The van der Waals surface area contributed by atoms with Crippen molar-refractivity contribution in [1.82, 2.24) is 9.78 Å². The molecule has 0 spiro atoms. The highest BCUT2D eigenvalue weighted by molar-refractivity contribution is 6.32. The monoisotopic (exact) mass is 304 g/mol. The smallest absolute Gasteiger partial charge is 0.146 e. The molecule has 0 fully saturated rings. The van der Waals surface area contributed by atoms with Gasteiger partial charge in [-0.2, -0.15) is 5.10 Å². The number of ketones is 1. The maximum Gasteiger partial charge on any atom is 0.146 e. The molecule has 21 heavy (non-hydrogen) atoms. The van der Waals surface area contributed by atoms with E-state index in [-0.39, 0.29) is 11.7 Å². The first-order valence-electron chi connectivity index (χ1n) is 7.37. The first kappa shape index (κ1) is 15.8. The maximum atomic E-state index is 12.7. The van der Waals surface area contributed by atoms with Gasteiger partial charge in [0.05, 0.1) is 22.8 Å². The first-order valence-corrected chi connectivity index (χ1v) is 7.75. The van der Waals surface area contributed by atoms with Crippen LogP contribution in [-0.2, 0) is 17.8 Å². The van der Waals surface area contributed by atoms with E-state index < -0.39 is 0 Å². The Hall–Kier alpha value is -1.61. The third-order valence-corrected chi connectivity index (χ3v) is 4.28. The van der Waals surface area contributed by atoms with E-state index in [4.69, 9.17) is 11.6 Å². The van der Waals surface area contributed by atoms with E-state index in [1.807, 2.05) is 55.8 Å². The number of aromatic nitrogens is 2. The van der Waals surface area contributed by atoms with Crippen LogP contribution in [0.4, 0.5) is 0 Å². The Bertz CT molecular complexity index is 619. The van der Waals surface area contributed by atoms with Crippen LogP contribution in [0.15, 0.2) is 30.3 Å². The summed E-state index contributed by atoms with van der Waals surface area (Å²) < 4.78 is 1.83. The molecule has 0 radical (unpaired) electrons. The van der Waals surface area contributed by atoms with Crippen LogP contribution >= 0.6 is 11.6 Å². The predicted molar refractivity (Wildman–Crippen MR) is 85.8 cm³/mol. The number of hydrogen-bond acceptors (Lipinski definition) is 2. The molecule has 0 amide bonds. The molecule has 0 N–H and O–H groups in total. The molecule has 4 heteroatoms. The number of carbonyl (C=O) groups excluding carboxylic acids is 1. The molecule has 2 rings (SSSR count). The Morgan fingerprint density at radius 1 is 1.29 bits per heavy atom. The average molecular weight is 305 g/mol. The van der Waals surface area contributed by atoms with Gasteiger partial charge in [0.2, 0.25) is 0 Å². The highest BCUT2D eigenvalue weighted by Crippen LogP contribution is 2.26. The normalized spacial score (nSPS) is 12.4. The number of rotatable bonds is 6. The lowest BCUT2D eigenvalue weighted by molar-refractivity contribution is -0.120. The summed E-state index contributed by atoms with van der Waals surface area (Å²) in [6, 6.07) is 9.93. The Kier molecular flexibility index (Phi) is 5.18. The van der Waals surface area contributed by atoms with Gasteiger partial charge >= 0.3 is 0 Å². The molecule has 0 aliphatic heterocycles. The molecule has 1 aromatic carbocycles. The minimum atomic E-state index is -0.0808. The van der Waals surface area contributed by atoms with Crippen molar-refractivity contribution < 1.29 is 4.79 Å². The van der Waals surface area contributed by atoms with Crippen molar-refractivity contribution in [3.8, 4) is 0 Å². The summed E-state index contributed by atoms with van der Waals surface area (Å²) in [6.07, 6.45) is 1.13. The summed E-state index contributed by atoms with van der Waals surface area (Å²) in [4.78, 5) is 12.7. The predicted octanol–water partition coefficient (Wildman–Crippen LogP) is 4.17. The highest BCUT2D eigenvalue weighted by Gasteiger charge is 2.22. The Labute approximate surface area is 130 Å². The molecule has 0 aliphatic carbocycles. The fourth-order valence-electron chi connectivity index (χ4n) is 2.66. The summed E-state index contributed by atoms with van der Waals surface area (Å²) in [5, 5.41) is 4.99. The number of aryl methyl sites for hydroxylation is 2. The van der Waals surface area contributed by atoms with E-state index in [2.05, 4.69) is 5.10 Å². The number of halogens is 1. The van der Waals surface area contributed by atoms with Crippen molar-refractivity contribution in [3.05, 3.63) is 52.3 Å². The molecule has 3 nitrogen and oxygen atoms in total. The summed E-state index contributed by atoms with van der Waals surface area (Å²) in [6.45, 7) is 6.64. The molecule has 0 saturated heterocycles. The van der Waals surface area contributed by atoms with Crippen LogP contribution in [0.5, 0.6) is 0 Å². The van der Waals surface area contributed by atoms with Crippen LogP contribution < -0.4 is 0 Å². The second kappa shape index (κ2) is 6.90. The maximum absolute atomic E-state index is 12.7. The van der Waals surface area contributed by atoms with E-state index >= 15 is 0 Å². The summed E-state index contributed by atoms with van der Waals surface area (Å²) in [7, 11) is 0. The average Bonchev–Trinajstić information content (AvgIpc) is 2.77. The van der Waals surface area contributed by atoms with E-state index in [1.165, 1.54) is 0 Å². The van der Waals surface area contributed by atoms with Crippen LogP contribution in [-0.4, -0.2) is 15.6 Å². The van der Waals surface area contributed by atoms with Gasteiger partial charge in [0, 0.05) is 12.5 Å². The van der Waals surface area contributed by atoms with E-state index in [1.54, 1.807) is 0 Å². The number of benzene rings is 1. The largest absolute Gasteiger partial charge is 0.299 e. The third kappa shape index (κ3) is 3.35. The summed E-state index contributed by atoms with van der Waals surface area (Å²) >= 11 is 6.30. The lowest BCUT2D eigenvalue weighted by atomic mass is 9.90.